The Balaban J connectivity index is 1.75. The van der Waals surface area contributed by atoms with Crippen molar-refractivity contribution in [3.63, 3.8) is 0 Å². The summed E-state index contributed by atoms with van der Waals surface area (Å²) in [4.78, 5) is 13.0. The summed E-state index contributed by atoms with van der Waals surface area (Å²) in [6.07, 6.45) is 30.5. The summed E-state index contributed by atoms with van der Waals surface area (Å²) in [7, 11) is 0. The molecular formula is C54H98O14. The maximum Gasteiger partial charge on any atom is 0.306 e. The molecule has 11 atom stereocenters. The summed E-state index contributed by atoms with van der Waals surface area (Å²) in [5.74, 6) is -0.382. The first kappa shape index (κ1) is 62.3. The monoisotopic (exact) mass is 971 g/mol. The van der Waals surface area contributed by atoms with Gasteiger partial charge in [0.2, 0.25) is 0 Å². The van der Waals surface area contributed by atoms with Crippen LogP contribution in [0.15, 0.2) is 36.5 Å². The highest BCUT2D eigenvalue weighted by atomic mass is 16.7. The van der Waals surface area contributed by atoms with E-state index < -0.39 is 80.7 Å². The SMILES string of the molecule is CCCCC/C=C\C/C=C\CCCCCCCCCCCC(=O)OC(COCCCCCCCC/C=C\CCCCCCC)COC1OC(COC2OC(CO)C(O)C(O)C2O)C(O)C(O)C1O. The number of carbonyl (C=O) groups is 1. The summed E-state index contributed by atoms with van der Waals surface area (Å²) in [5.41, 5.74) is 0. The Kier molecular flexibility index (Phi) is 38.3. The number of aliphatic hydroxyl groups is 7. The van der Waals surface area contributed by atoms with Crippen LogP contribution in [0.2, 0.25) is 0 Å². The van der Waals surface area contributed by atoms with E-state index in [2.05, 4.69) is 50.3 Å². The molecule has 7 N–H and O–H groups in total. The molecule has 0 bridgehead atoms. The van der Waals surface area contributed by atoms with Crippen LogP contribution in [0.3, 0.4) is 0 Å². The molecule has 0 aliphatic carbocycles. The van der Waals surface area contributed by atoms with Gasteiger partial charge in [0.25, 0.3) is 0 Å². The van der Waals surface area contributed by atoms with Crippen LogP contribution in [0.5, 0.6) is 0 Å². The van der Waals surface area contributed by atoms with E-state index in [4.69, 9.17) is 28.4 Å². The number of aliphatic hydroxyl groups excluding tert-OH is 7. The van der Waals surface area contributed by atoms with Crippen molar-refractivity contribution in [3.05, 3.63) is 36.5 Å². The molecular weight excluding hydrogens is 873 g/mol. The molecule has 0 radical (unpaired) electrons. The van der Waals surface area contributed by atoms with Crippen molar-refractivity contribution in [3.8, 4) is 0 Å². The van der Waals surface area contributed by atoms with Crippen molar-refractivity contribution in [1.82, 2.24) is 0 Å². The molecule has 0 spiro atoms. The predicted octanol–water partition coefficient (Wildman–Crippen LogP) is 8.58. The zero-order valence-corrected chi connectivity index (χ0v) is 42.3. The highest BCUT2D eigenvalue weighted by Gasteiger charge is 2.47. The van der Waals surface area contributed by atoms with Gasteiger partial charge in [-0.1, -0.05) is 159 Å². The molecule has 2 fully saturated rings. The van der Waals surface area contributed by atoms with E-state index in [0.29, 0.717) is 13.0 Å². The van der Waals surface area contributed by atoms with E-state index in [1.54, 1.807) is 0 Å². The highest BCUT2D eigenvalue weighted by molar-refractivity contribution is 5.69. The minimum Gasteiger partial charge on any atom is -0.457 e. The van der Waals surface area contributed by atoms with Crippen LogP contribution in [0.25, 0.3) is 0 Å². The van der Waals surface area contributed by atoms with Gasteiger partial charge in [-0.05, 0) is 70.6 Å². The van der Waals surface area contributed by atoms with Gasteiger partial charge in [0.05, 0.1) is 26.4 Å². The lowest BCUT2D eigenvalue weighted by atomic mass is 9.98. The fraction of sp³-hybridized carbons (Fsp3) is 0.870. The van der Waals surface area contributed by atoms with Gasteiger partial charge in [-0.2, -0.15) is 0 Å². The molecule has 0 saturated carbocycles. The number of ether oxygens (including phenoxy) is 6. The fourth-order valence-electron chi connectivity index (χ4n) is 8.43. The van der Waals surface area contributed by atoms with Gasteiger partial charge in [0.15, 0.2) is 12.6 Å². The smallest absolute Gasteiger partial charge is 0.306 e. The molecule has 0 aromatic rings. The van der Waals surface area contributed by atoms with Crippen molar-refractivity contribution in [1.29, 1.82) is 0 Å². The van der Waals surface area contributed by atoms with Gasteiger partial charge >= 0.3 is 5.97 Å². The quantitative estimate of drug-likeness (QED) is 0.0173. The van der Waals surface area contributed by atoms with Crippen molar-refractivity contribution >= 4 is 5.97 Å². The summed E-state index contributed by atoms with van der Waals surface area (Å²) in [5, 5.41) is 72.2. The first-order chi connectivity index (χ1) is 33.1. The second kappa shape index (κ2) is 41.8. The lowest BCUT2D eigenvalue weighted by Crippen LogP contribution is -2.61. The first-order valence-corrected chi connectivity index (χ1v) is 27.1. The zero-order chi connectivity index (χ0) is 49.5. The Labute approximate surface area is 410 Å². The maximum atomic E-state index is 13.0. The average Bonchev–Trinajstić information content (AvgIpc) is 3.33. The van der Waals surface area contributed by atoms with Gasteiger partial charge in [0, 0.05) is 13.0 Å². The Morgan fingerprint density at radius 3 is 1.46 bits per heavy atom. The zero-order valence-electron chi connectivity index (χ0n) is 42.3. The third-order valence-corrected chi connectivity index (χ3v) is 12.9. The molecule has 0 aromatic carbocycles. The normalized spacial score (nSPS) is 26.1. The van der Waals surface area contributed by atoms with Crippen molar-refractivity contribution < 1.29 is 69.0 Å². The summed E-state index contributed by atoms with van der Waals surface area (Å²) < 4.78 is 34.3. The molecule has 2 aliphatic rings. The third-order valence-electron chi connectivity index (χ3n) is 12.9. The Morgan fingerprint density at radius 2 is 0.912 bits per heavy atom. The number of allylic oxidation sites excluding steroid dienone is 6. The predicted molar refractivity (Wildman–Crippen MR) is 266 cm³/mol. The summed E-state index contributed by atoms with van der Waals surface area (Å²) in [6, 6.07) is 0. The lowest BCUT2D eigenvalue weighted by Gasteiger charge is -2.42. The second-order valence-electron chi connectivity index (χ2n) is 19.0. The van der Waals surface area contributed by atoms with Gasteiger partial charge < -0.3 is 64.2 Å². The standard InChI is InChI=1S/C54H98O14/c1-3-5-7-9-11-13-15-17-19-20-21-22-23-25-27-29-31-33-35-37-46(56)66-43(40-63-38-36-34-32-30-28-26-24-18-16-14-12-10-8-6-4-2)41-64-53-52(62)50(60)48(58)45(68-53)42-65-54-51(61)49(59)47(57)44(39-55)67-54/h11,13,16-19,43-45,47-55,57-62H,3-10,12,14-15,20-42H2,1-2H3/b13-11-,18-16-,19-17-. The Morgan fingerprint density at radius 1 is 0.485 bits per heavy atom. The van der Waals surface area contributed by atoms with Crippen molar-refractivity contribution in [2.45, 2.75) is 268 Å². The van der Waals surface area contributed by atoms with Crippen LogP contribution < -0.4 is 0 Å². The number of hydrogen-bond donors (Lipinski definition) is 7. The van der Waals surface area contributed by atoms with E-state index in [-0.39, 0.29) is 25.6 Å². The summed E-state index contributed by atoms with van der Waals surface area (Å²) >= 11 is 0. The first-order valence-electron chi connectivity index (χ1n) is 27.1. The molecule has 0 aromatic heterocycles. The summed E-state index contributed by atoms with van der Waals surface area (Å²) in [6.45, 7) is 3.65. The van der Waals surface area contributed by atoms with Gasteiger partial charge in [0.1, 0.15) is 54.9 Å². The van der Waals surface area contributed by atoms with Crippen molar-refractivity contribution in [2.24, 2.45) is 0 Å². The largest absolute Gasteiger partial charge is 0.457 e. The molecule has 2 aliphatic heterocycles. The maximum absolute atomic E-state index is 13.0. The molecule has 398 valence electrons. The van der Waals surface area contributed by atoms with Crippen LogP contribution in [0, 0.1) is 0 Å². The third kappa shape index (κ3) is 28.9. The van der Waals surface area contributed by atoms with Gasteiger partial charge in [-0.25, -0.2) is 0 Å². The van der Waals surface area contributed by atoms with Crippen LogP contribution in [0.1, 0.15) is 200 Å². The number of esters is 1. The lowest BCUT2D eigenvalue weighted by molar-refractivity contribution is -0.332. The van der Waals surface area contributed by atoms with Crippen LogP contribution in [0.4, 0.5) is 0 Å². The molecule has 2 saturated heterocycles. The topological polar surface area (TPSA) is 214 Å². The fourth-order valence-corrected chi connectivity index (χ4v) is 8.43. The highest BCUT2D eigenvalue weighted by Crippen LogP contribution is 2.26. The number of carbonyl (C=O) groups excluding carboxylic acids is 1. The number of unbranched alkanes of at least 4 members (excludes halogenated alkanes) is 23. The number of rotatable bonds is 43. The van der Waals surface area contributed by atoms with Crippen LogP contribution in [-0.4, -0.2) is 142 Å². The van der Waals surface area contributed by atoms with Crippen LogP contribution >= 0.6 is 0 Å². The van der Waals surface area contributed by atoms with Crippen LogP contribution in [-0.2, 0) is 33.2 Å². The second-order valence-corrected chi connectivity index (χ2v) is 19.0. The Hall–Kier alpha value is -1.79. The van der Waals surface area contributed by atoms with E-state index in [1.807, 2.05) is 0 Å². The Bertz CT molecular complexity index is 1260. The number of hydrogen-bond acceptors (Lipinski definition) is 14. The van der Waals surface area contributed by atoms with Gasteiger partial charge in [-0.3, -0.25) is 4.79 Å². The minimum atomic E-state index is -1.71. The van der Waals surface area contributed by atoms with E-state index in [1.165, 1.54) is 116 Å². The molecule has 2 heterocycles. The average molecular weight is 971 g/mol. The molecule has 11 unspecified atom stereocenters. The van der Waals surface area contributed by atoms with E-state index in [9.17, 15) is 40.5 Å². The van der Waals surface area contributed by atoms with E-state index in [0.717, 1.165) is 57.8 Å². The molecule has 0 amide bonds. The molecule has 68 heavy (non-hydrogen) atoms. The molecule has 14 heteroatoms. The van der Waals surface area contributed by atoms with Crippen molar-refractivity contribution in [2.75, 3.05) is 33.0 Å². The molecule has 2 rings (SSSR count). The van der Waals surface area contributed by atoms with E-state index >= 15 is 0 Å². The minimum absolute atomic E-state index is 0.0567. The van der Waals surface area contributed by atoms with Gasteiger partial charge in [-0.15, -0.1) is 0 Å². The molecule has 14 nitrogen and oxygen atoms in total.